The molecular formula is C12H19N3OS2. The maximum absolute atomic E-state index is 11.7. The number of aromatic nitrogens is 2. The maximum Gasteiger partial charge on any atom is 0.282 e. The van der Waals surface area contributed by atoms with Crippen LogP contribution in [0.3, 0.4) is 0 Å². The van der Waals surface area contributed by atoms with E-state index >= 15 is 0 Å². The molecule has 18 heavy (non-hydrogen) atoms. The Bertz CT molecular complexity index is 390. The second kappa shape index (κ2) is 7.09. The molecule has 6 heteroatoms. The van der Waals surface area contributed by atoms with Crippen LogP contribution in [0.5, 0.6) is 0 Å². The normalized spacial score (nSPS) is 14.7. The van der Waals surface area contributed by atoms with Gasteiger partial charge in [0.1, 0.15) is 0 Å². The Morgan fingerprint density at radius 3 is 2.94 bits per heavy atom. The van der Waals surface area contributed by atoms with Crippen LogP contribution in [0.15, 0.2) is 4.34 Å². The fourth-order valence-corrected chi connectivity index (χ4v) is 3.35. The van der Waals surface area contributed by atoms with Crippen LogP contribution in [0.1, 0.15) is 55.3 Å². The molecule has 0 aliphatic heterocycles. The van der Waals surface area contributed by atoms with Crippen molar-refractivity contribution < 1.29 is 4.79 Å². The monoisotopic (exact) mass is 285 g/mol. The van der Waals surface area contributed by atoms with Crippen molar-refractivity contribution in [3.63, 3.8) is 0 Å². The van der Waals surface area contributed by atoms with Crippen molar-refractivity contribution >= 4 is 29.0 Å². The van der Waals surface area contributed by atoms with E-state index in [0.717, 1.165) is 22.9 Å². The lowest BCUT2D eigenvalue weighted by atomic mass is 10.2. The summed E-state index contributed by atoms with van der Waals surface area (Å²) in [4.78, 5) is 11.7. The molecule has 100 valence electrons. The molecular weight excluding hydrogens is 266 g/mol. The summed E-state index contributed by atoms with van der Waals surface area (Å²) >= 11 is 3.11. The Morgan fingerprint density at radius 2 is 2.22 bits per heavy atom. The molecule has 0 unspecified atom stereocenters. The zero-order valence-corrected chi connectivity index (χ0v) is 12.3. The van der Waals surface area contributed by atoms with E-state index in [0.29, 0.717) is 11.0 Å². The van der Waals surface area contributed by atoms with Gasteiger partial charge in [-0.3, -0.25) is 4.79 Å². The van der Waals surface area contributed by atoms with E-state index in [2.05, 4.69) is 22.4 Å². The number of thioether (sulfide) groups is 1. The van der Waals surface area contributed by atoms with Crippen molar-refractivity contribution in [1.82, 2.24) is 15.5 Å². The van der Waals surface area contributed by atoms with Crippen molar-refractivity contribution in [2.24, 2.45) is 0 Å². The third-order valence-electron chi connectivity index (χ3n) is 2.74. The van der Waals surface area contributed by atoms with E-state index in [9.17, 15) is 4.79 Å². The standard InChI is InChI=1S/C12H19N3OS2/c1-2-3-4-5-8-17-12-15-14-11(18-12)10(16)13-9-6-7-9/h9H,2-8H2,1H3,(H,13,16). The zero-order chi connectivity index (χ0) is 12.8. The highest BCUT2D eigenvalue weighted by molar-refractivity contribution is 8.01. The SMILES string of the molecule is CCCCCCSc1nnc(C(=O)NC2CC2)s1. The molecule has 0 bridgehead atoms. The molecule has 1 aliphatic carbocycles. The molecule has 0 aromatic carbocycles. The minimum Gasteiger partial charge on any atom is -0.347 e. The molecule has 0 spiro atoms. The lowest BCUT2D eigenvalue weighted by Crippen LogP contribution is -2.25. The van der Waals surface area contributed by atoms with Crippen molar-refractivity contribution in [3.05, 3.63) is 5.01 Å². The van der Waals surface area contributed by atoms with Gasteiger partial charge in [-0.1, -0.05) is 49.3 Å². The predicted octanol–water partition coefficient (Wildman–Crippen LogP) is 3.10. The molecule has 0 saturated heterocycles. The van der Waals surface area contributed by atoms with E-state index in [1.807, 2.05) is 0 Å². The highest BCUT2D eigenvalue weighted by Gasteiger charge is 2.25. The molecule has 0 atom stereocenters. The molecule has 1 saturated carbocycles. The summed E-state index contributed by atoms with van der Waals surface area (Å²) in [5.41, 5.74) is 0. The first-order valence-corrected chi connectivity index (χ1v) is 8.37. The van der Waals surface area contributed by atoms with Crippen LogP contribution in [-0.4, -0.2) is 27.9 Å². The number of nitrogens with zero attached hydrogens (tertiary/aromatic N) is 2. The first kappa shape index (κ1) is 13.8. The van der Waals surface area contributed by atoms with E-state index in [1.165, 1.54) is 37.0 Å². The Kier molecular flexibility index (Phi) is 5.44. The molecule has 1 aromatic heterocycles. The van der Waals surface area contributed by atoms with Crippen LogP contribution < -0.4 is 5.32 Å². The van der Waals surface area contributed by atoms with Gasteiger partial charge in [-0.25, -0.2) is 0 Å². The van der Waals surface area contributed by atoms with Crippen LogP contribution in [0, 0.1) is 0 Å². The zero-order valence-electron chi connectivity index (χ0n) is 10.6. The van der Waals surface area contributed by atoms with Gasteiger partial charge in [0, 0.05) is 11.8 Å². The fraction of sp³-hybridized carbons (Fsp3) is 0.750. The Labute approximate surface area is 116 Å². The van der Waals surface area contributed by atoms with E-state index in [1.54, 1.807) is 11.8 Å². The fourth-order valence-electron chi connectivity index (χ4n) is 1.52. The Morgan fingerprint density at radius 1 is 1.39 bits per heavy atom. The third kappa shape index (κ3) is 4.57. The first-order chi connectivity index (χ1) is 8.79. The molecule has 0 radical (unpaired) electrons. The summed E-state index contributed by atoms with van der Waals surface area (Å²) in [6.45, 7) is 2.21. The van der Waals surface area contributed by atoms with Crippen LogP contribution in [-0.2, 0) is 0 Å². The summed E-state index contributed by atoms with van der Waals surface area (Å²) in [6, 6.07) is 0.381. The molecule has 1 aliphatic rings. The summed E-state index contributed by atoms with van der Waals surface area (Å²) in [7, 11) is 0. The topological polar surface area (TPSA) is 54.9 Å². The largest absolute Gasteiger partial charge is 0.347 e. The summed E-state index contributed by atoms with van der Waals surface area (Å²) < 4.78 is 0.910. The van der Waals surface area contributed by atoms with Crippen LogP contribution >= 0.6 is 23.1 Å². The second-order valence-corrected chi connectivity index (χ2v) is 6.85. The third-order valence-corrected chi connectivity index (χ3v) is 4.88. The predicted molar refractivity (Wildman–Crippen MR) is 75.3 cm³/mol. The van der Waals surface area contributed by atoms with Gasteiger partial charge < -0.3 is 5.32 Å². The summed E-state index contributed by atoms with van der Waals surface area (Å²) in [5, 5.41) is 11.4. The number of carbonyl (C=O) groups excluding carboxylic acids is 1. The molecule has 1 aromatic rings. The summed E-state index contributed by atoms with van der Waals surface area (Å²) in [5.74, 6) is 1.01. The van der Waals surface area contributed by atoms with E-state index < -0.39 is 0 Å². The Hall–Kier alpha value is -0.620. The van der Waals surface area contributed by atoms with Crippen molar-refractivity contribution in [2.75, 3.05) is 5.75 Å². The van der Waals surface area contributed by atoms with Gasteiger partial charge in [-0.15, -0.1) is 10.2 Å². The second-order valence-electron chi connectivity index (χ2n) is 4.53. The lowest BCUT2D eigenvalue weighted by molar-refractivity contribution is 0.0950. The quantitative estimate of drug-likeness (QED) is 0.589. The van der Waals surface area contributed by atoms with Crippen molar-refractivity contribution in [1.29, 1.82) is 0 Å². The van der Waals surface area contributed by atoms with Crippen LogP contribution in [0.2, 0.25) is 0 Å². The highest BCUT2D eigenvalue weighted by atomic mass is 32.2. The van der Waals surface area contributed by atoms with Gasteiger partial charge in [-0.05, 0) is 19.3 Å². The van der Waals surface area contributed by atoms with E-state index in [4.69, 9.17) is 0 Å². The first-order valence-electron chi connectivity index (χ1n) is 6.56. The van der Waals surface area contributed by atoms with Crippen LogP contribution in [0.4, 0.5) is 0 Å². The molecule has 1 N–H and O–H groups in total. The number of unbranched alkanes of at least 4 members (excludes halogenated alkanes) is 3. The van der Waals surface area contributed by atoms with Gasteiger partial charge in [-0.2, -0.15) is 0 Å². The molecule has 4 nitrogen and oxygen atoms in total. The number of amides is 1. The van der Waals surface area contributed by atoms with Gasteiger partial charge >= 0.3 is 0 Å². The van der Waals surface area contributed by atoms with Gasteiger partial charge in [0.05, 0.1) is 0 Å². The highest BCUT2D eigenvalue weighted by Crippen LogP contribution is 2.25. The van der Waals surface area contributed by atoms with Crippen molar-refractivity contribution in [3.8, 4) is 0 Å². The molecule has 1 heterocycles. The van der Waals surface area contributed by atoms with Crippen LogP contribution in [0.25, 0.3) is 0 Å². The summed E-state index contributed by atoms with van der Waals surface area (Å²) in [6.07, 6.45) is 7.24. The Balaban J connectivity index is 1.69. The smallest absolute Gasteiger partial charge is 0.282 e. The number of carbonyl (C=O) groups is 1. The number of hydrogen-bond acceptors (Lipinski definition) is 5. The molecule has 1 fully saturated rings. The number of hydrogen-bond donors (Lipinski definition) is 1. The van der Waals surface area contributed by atoms with E-state index in [-0.39, 0.29) is 5.91 Å². The number of rotatable bonds is 8. The average molecular weight is 285 g/mol. The molecule has 1 amide bonds. The minimum absolute atomic E-state index is 0.0622. The maximum atomic E-state index is 11.7. The average Bonchev–Trinajstić information content (AvgIpc) is 3.05. The minimum atomic E-state index is -0.0622. The van der Waals surface area contributed by atoms with Gasteiger partial charge in [0.15, 0.2) is 4.34 Å². The lowest BCUT2D eigenvalue weighted by Gasteiger charge is -1.97. The van der Waals surface area contributed by atoms with Gasteiger partial charge in [0.2, 0.25) is 5.01 Å². The van der Waals surface area contributed by atoms with Crippen molar-refractivity contribution in [2.45, 2.75) is 55.8 Å². The number of nitrogens with one attached hydrogen (secondary N) is 1. The molecule has 2 rings (SSSR count). The van der Waals surface area contributed by atoms with Gasteiger partial charge in [0.25, 0.3) is 5.91 Å².